The molecule has 0 aliphatic rings. The standard InChI is InChI=1S/C20H17NO7S2/c1-12-17(28-11-16(22)23)19(20(24)25)29-18(12)13-6-5-7-14(10-13)21-30(26,27)15-8-3-2-4-9-15/h2-10,21H,11H2,1H3,(H,22,23)(H,24,25). The molecule has 2 aromatic carbocycles. The smallest absolute Gasteiger partial charge is 0.349 e. The molecule has 0 saturated heterocycles. The van der Waals surface area contributed by atoms with Gasteiger partial charge in [-0.3, -0.25) is 4.72 Å². The lowest BCUT2D eigenvalue weighted by atomic mass is 10.1. The first-order chi connectivity index (χ1) is 14.2. The number of carbonyl (C=O) groups is 2. The lowest BCUT2D eigenvalue weighted by molar-refractivity contribution is -0.139. The van der Waals surface area contributed by atoms with Gasteiger partial charge in [0.2, 0.25) is 0 Å². The molecule has 3 rings (SSSR count). The Morgan fingerprint density at radius 3 is 2.40 bits per heavy atom. The zero-order valence-corrected chi connectivity index (χ0v) is 17.3. The summed E-state index contributed by atoms with van der Waals surface area (Å²) in [6.45, 7) is 0.949. The van der Waals surface area contributed by atoms with Crippen LogP contribution in [0.15, 0.2) is 59.5 Å². The van der Waals surface area contributed by atoms with Crippen LogP contribution in [0.1, 0.15) is 15.2 Å². The summed E-state index contributed by atoms with van der Waals surface area (Å²) >= 11 is 0.927. The van der Waals surface area contributed by atoms with Crippen LogP contribution in [0.5, 0.6) is 5.75 Å². The second-order valence-electron chi connectivity index (χ2n) is 6.20. The van der Waals surface area contributed by atoms with Gasteiger partial charge in [-0.1, -0.05) is 30.3 Å². The Morgan fingerprint density at radius 2 is 1.77 bits per heavy atom. The minimum atomic E-state index is -3.79. The highest BCUT2D eigenvalue weighted by Gasteiger charge is 2.23. The Kier molecular flexibility index (Phi) is 6.09. The number of sulfonamides is 1. The zero-order chi connectivity index (χ0) is 21.9. The molecule has 1 heterocycles. The third-order valence-electron chi connectivity index (χ3n) is 4.06. The van der Waals surface area contributed by atoms with Crippen LogP contribution in [0.25, 0.3) is 10.4 Å². The van der Waals surface area contributed by atoms with E-state index in [1.165, 1.54) is 12.1 Å². The van der Waals surface area contributed by atoms with Gasteiger partial charge in [0.05, 0.1) is 4.90 Å². The van der Waals surface area contributed by atoms with Crippen molar-refractivity contribution in [2.45, 2.75) is 11.8 Å². The van der Waals surface area contributed by atoms with E-state index in [9.17, 15) is 23.1 Å². The predicted molar refractivity (Wildman–Crippen MR) is 112 cm³/mol. The number of benzene rings is 2. The number of thiophene rings is 1. The molecule has 0 aliphatic heterocycles. The quantitative estimate of drug-likeness (QED) is 0.480. The van der Waals surface area contributed by atoms with Crippen molar-refractivity contribution in [1.82, 2.24) is 0 Å². The van der Waals surface area contributed by atoms with Crippen LogP contribution in [-0.2, 0) is 14.8 Å². The zero-order valence-electron chi connectivity index (χ0n) is 15.7. The summed E-state index contributed by atoms with van der Waals surface area (Å²) in [6, 6.07) is 14.4. The van der Waals surface area contributed by atoms with Crippen molar-refractivity contribution < 1.29 is 33.0 Å². The lowest BCUT2D eigenvalue weighted by Gasteiger charge is -2.10. The number of rotatable bonds is 8. The van der Waals surface area contributed by atoms with E-state index >= 15 is 0 Å². The fraction of sp³-hybridized carbons (Fsp3) is 0.100. The molecule has 0 saturated carbocycles. The molecule has 156 valence electrons. The molecule has 0 unspecified atom stereocenters. The summed E-state index contributed by atoms with van der Waals surface area (Å²) in [4.78, 5) is 22.9. The number of aromatic carboxylic acids is 1. The molecule has 0 radical (unpaired) electrons. The first-order valence-electron chi connectivity index (χ1n) is 8.58. The van der Waals surface area contributed by atoms with Gasteiger partial charge in [-0.15, -0.1) is 11.3 Å². The van der Waals surface area contributed by atoms with Gasteiger partial charge in [-0.05, 0) is 36.8 Å². The topological polar surface area (TPSA) is 130 Å². The average molecular weight is 447 g/mol. The third kappa shape index (κ3) is 4.61. The number of hydrogen-bond acceptors (Lipinski definition) is 6. The molecule has 1 aromatic heterocycles. The molecular weight excluding hydrogens is 430 g/mol. The van der Waals surface area contributed by atoms with Crippen molar-refractivity contribution in [3.8, 4) is 16.2 Å². The van der Waals surface area contributed by atoms with Gasteiger partial charge in [0.15, 0.2) is 11.5 Å². The molecule has 0 fully saturated rings. The van der Waals surface area contributed by atoms with Gasteiger partial charge in [-0.25, -0.2) is 18.0 Å². The molecule has 0 amide bonds. The summed E-state index contributed by atoms with van der Waals surface area (Å²) < 4.78 is 32.8. The number of carboxylic acid groups (broad SMARTS) is 2. The number of ether oxygens (including phenoxy) is 1. The van der Waals surface area contributed by atoms with Crippen molar-refractivity contribution in [2.24, 2.45) is 0 Å². The third-order valence-corrected chi connectivity index (χ3v) is 6.76. The van der Waals surface area contributed by atoms with Crippen molar-refractivity contribution in [3.05, 3.63) is 65.0 Å². The number of nitrogens with one attached hydrogen (secondary N) is 1. The maximum atomic E-state index is 12.6. The summed E-state index contributed by atoms with van der Waals surface area (Å²) in [5.41, 5.74) is 1.33. The Balaban J connectivity index is 1.97. The van der Waals surface area contributed by atoms with Crippen LogP contribution < -0.4 is 9.46 Å². The summed E-state index contributed by atoms with van der Waals surface area (Å²) in [6.07, 6.45) is 0. The van der Waals surface area contributed by atoms with Gasteiger partial charge in [0.1, 0.15) is 5.75 Å². The molecule has 3 N–H and O–H groups in total. The molecule has 10 heteroatoms. The first kappa shape index (κ1) is 21.3. The van der Waals surface area contributed by atoms with E-state index in [1.54, 1.807) is 49.4 Å². The second kappa shape index (κ2) is 8.56. The largest absolute Gasteiger partial charge is 0.480 e. The van der Waals surface area contributed by atoms with E-state index in [4.69, 9.17) is 9.84 Å². The van der Waals surface area contributed by atoms with E-state index < -0.39 is 28.6 Å². The van der Waals surface area contributed by atoms with Crippen LogP contribution >= 0.6 is 11.3 Å². The van der Waals surface area contributed by atoms with Crippen LogP contribution in [0, 0.1) is 6.92 Å². The Hall–Kier alpha value is -3.37. The summed E-state index contributed by atoms with van der Waals surface area (Å²) in [7, 11) is -3.79. The Morgan fingerprint density at radius 1 is 1.07 bits per heavy atom. The first-order valence-corrected chi connectivity index (χ1v) is 10.9. The SMILES string of the molecule is Cc1c(-c2cccc(NS(=O)(=O)c3ccccc3)c2)sc(C(=O)O)c1OCC(=O)O. The molecule has 0 bridgehead atoms. The van der Waals surface area contributed by atoms with E-state index in [-0.39, 0.29) is 15.5 Å². The van der Waals surface area contributed by atoms with Crippen LogP contribution in [0.2, 0.25) is 0 Å². The highest BCUT2D eigenvalue weighted by molar-refractivity contribution is 7.92. The second-order valence-corrected chi connectivity index (χ2v) is 8.90. The molecule has 30 heavy (non-hydrogen) atoms. The van der Waals surface area contributed by atoms with Crippen molar-refractivity contribution >= 4 is 39.0 Å². The maximum Gasteiger partial charge on any atom is 0.349 e. The van der Waals surface area contributed by atoms with E-state index in [0.29, 0.717) is 21.7 Å². The molecule has 0 spiro atoms. The van der Waals surface area contributed by atoms with E-state index in [1.807, 2.05) is 0 Å². The van der Waals surface area contributed by atoms with Crippen LogP contribution in [0.4, 0.5) is 5.69 Å². The lowest BCUT2D eigenvalue weighted by Crippen LogP contribution is -2.12. The maximum absolute atomic E-state index is 12.6. The minimum Gasteiger partial charge on any atom is -0.480 e. The van der Waals surface area contributed by atoms with Crippen molar-refractivity contribution in [3.63, 3.8) is 0 Å². The normalized spacial score (nSPS) is 11.1. The number of aliphatic carboxylic acids is 1. The fourth-order valence-electron chi connectivity index (χ4n) is 2.76. The van der Waals surface area contributed by atoms with Crippen LogP contribution in [0.3, 0.4) is 0 Å². The Bertz CT molecular complexity index is 1200. The van der Waals surface area contributed by atoms with Gasteiger partial charge < -0.3 is 14.9 Å². The van der Waals surface area contributed by atoms with E-state index in [0.717, 1.165) is 11.3 Å². The molecule has 3 aromatic rings. The van der Waals surface area contributed by atoms with Crippen LogP contribution in [-0.4, -0.2) is 37.2 Å². The van der Waals surface area contributed by atoms with Gasteiger partial charge >= 0.3 is 11.9 Å². The van der Waals surface area contributed by atoms with Gasteiger partial charge in [-0.2, -0.15) is 0 Å². The highest BCUT2D eigenvalue weighted by atomic mass is 32.2. The molecule has 8 nitrogen and oxygen atoms in total. The van der Waals surface area contributed by atoms with Gasteiger partial charge in [0.25, 0.3) is 10.0 Å². The summed E-state index contributed by atoms with van der Waals surface area (Å²) in [5.74, 6) is -2.48. The summed E-state index contributed by atoms with van der Waals surface area (Å²) in [5, 5.41) is 18.3. The number of carboxylic acids is 2. The number of anilines is 1. The Labute approximate surface area is 176 Å². The van der Waals surface area contributed by atoms with Crippen molar-refractivity contribution in [1.29, 1.82) is 0 Å². The molecule has 0 atom stereocenters. The van der Waals surface area contributed by atoms with E-state index in [2.05, 4.69) is 4.72 Å². The fourth-order valence-corrected chi connectivity index (χ4v) is 4.92. The molecular formula is C20H17NO7S2. The van der Waals surface area contributed by atoms with Gasteiger partial charge in [0, 0.05) is 16.1 Å². The highest BCUT2D eigenvalue weighted by Crippen LogP contribution is 2.42. The number of hydrogen-bond donors (Lipinski definition) is 3. The predicted octanol–water partition coefficient (Wildman–Crippen LogP) is 3.69. The average Bonchev–Trinajstić information content (AvgIpc) is 3.03. The molecule has 0 aliphatic carbocycles. The monoisotopic (exact) mass is 447 g/mol. The minimum absolute atomic E-state index is 0.0137. The van der Waals surface area contributed by atoms with Crippen molar-refractivity contribution in [2.75, 3.05) is 11.3 Å².